The van der Waals surface area contributed by atoms with Gasteiger partial charge in [-0.25, -0.2) is 19.4 Å². The Hall–Kier alpha value is -3.66. The van der Waals surface area contributed by atoms with Crippen molar-refractivity contribution in [3.63, 3.8) is 0 Å². The lowest BCUT2D eigenvalue weighted by Crippen LogP contribution is -2.41. The minimum Gasteiger partial charge on any atom is -0.467 e. The van der Waals surface area contributed by atoms with Crippen molar-refractivity contribution in [1.82, 2.24) is 4.98 Å². The molecule has 9 nitrogen and oxygen atoms in total. The van der Waals surface area contributed by atoms with Gasteiger partial charge in [0.15, 0.2) is 11.9 Å². The molecule has 0 aliphatic heterocycles. The minimum absolute atomic E-state index is 0.0617. The number of fused-ring (bicyclic) bond motifs is 1. The van der Waals surface area contributed by atoms with Crippen LogP contribution < -0.4 is 10.2 Å². The Labute approximate surface area is 211 Å². The molecule has 1 unspecified atom stereocenters. The number of aromatic nitrogens is 1. The monoisotopic (exact) mass is 543 g/mol. The highest BCUT2D eigenvalue weighted by atomic mass is 79.9. The second-order valence-electron chi connectivity index (χ2n) is 8.51. The third kappa shape index (κ3) is 6.27. The van der Waals surface area contributed by atoms with Gasteiger partial charge in [-0.1, -0.05) is 28.1 Å². The number of carbonyl (C=O) groups is 3. The first-order chi connectivity index (χ1) is 16.5. The van der Waals surface area contributed by atoms with Gasteiger partial charge in [0.05, 0.1) is 14.2 Å². The SMILES string of the molecule is COC(=O)C(Nc1ccc2c(N(C(=O)OC)C(=O)OC(C)(C)C)nccc2c1)c1cccc(Br)c1. The number of methoxy groups -OCH3 is 2. The van der Waals surface area contributed by atoms with E-state index in [2.05, 4.69) is 26.2 Å². The lowest BCUT2D eigenvalue weighted by molar-refractivity contribution is -0.141. The lowest BCUT2D eigenvalue weighted by atomic mass is 10.1. The average Bonchev–Trinajstić information content (AvgIpc) is 2.80. The van der Waals surface area contributed by atoms with Gasteiger partial charge in [0.2, 0.25) is 0 Å². The van der Waals surface area contributed by atoms with E-state index in [4.69, 9.17) is 14.2 Å². The standard InChI is InChI=1S/C25H26BrN3O6/c1-25(2,3)35-24(32)29(23(31)34-5)21-19-10-9-18(14-15(19)11-12-27-21)28-20(22(30)33-4)16-7-6-8-17(26)13-16/h6-14,20,28H,1-5H3. The maximum absolute atomic E-state index is 12.8. The number of pyridine rings is 1. The average molecular weight is 544 g/mol. The van der Waals surface area contributed by atoms with E-state index in [9.17, 15) is 14.4 Å². The molecule has 0 saturated heterocycles. The third-order valence-electron chi connectivity index (χ3n) is 4.82. The molecule has 2 amide bonds. The van der Waals surface area contributed by atoms with E-state index >= 15 is 0 Å². The first kappa shape index (κ1) is 26.0. The smallest absolute Gasteiger partial charge is 0.425 e. The Bertz CT molecular complexity index is 1260. The Morgan fingerprint density at radius 2 is 1.74 bits per heavy atom. The van der Waals surface area contributed by atoms with Crippen molar-refractivity contribution < 1.29 is 28.6 Å². The molecule has 1 aromatic heterocycles. The summed E-state index contributed by atoms with van der Waals surface area (Å²) in [6, 6.07) is 13.5. The molecule has 1 heterocycles. The molecule has 0 spiro atoms. The van der Waals surface area contributed by atoms with Crippen LogP contribution in [0.5, 0.6) is 0 Å². The van der Waals surface area contributed by atoms with Gasteiger partial charge in [0.1, 0.15) is 5.60 Å². The van der Waals surface area contributed by atoms with Gasteiger partial charge in [-0.15, -0.1) is 0 Å². The van der Waals surface area contributed by atoms with Crippen LogP contribution in [-0.2, 0) is 19.0 Å². The van der Waals surface area contributed by atoms with Crippen molar-refractivity contribution in [2.75, 3.05) is 24.4 Å². The molecule has 0 saturated carbocycles. The molecular formula is C25H26BrN3O6. The van der Waals surface area contributed by atoms with E-state index in [-0.39, 0.29) is 5.82 Å². The lowest BCUT2D eigenvalue weighted by Gasteiger charge is -2.25. The maximum Gasteiger partial charge on any atom is 0.425 e. The first-order valence-corrected chi connectivity index (χ1v) is 11.4. The van der Waals surface area contributed by atoms with Crippen LogP contribution in [0.15, 0.2) is 59.2 Å². The van der Waals surface area contributed by atoms with Crippen molar-refractivity contribution >= 4 is 56.4 Å². The van der Waals surface area contributed by atoms with Crippen LogP contribution in [0.4, 0.5) is 21.1 Å². The predicted octanol–water partition coefficient (Wildman–Crippen LogP) is 5.83. The van der Waals surface area contributed by atoms with Crippen LogP contribution in [-0.4, -0.2) is 43.0 Å². The summed E-state index contributed by atoms with van der Waals surface area (Å²) < 4.78 is 16.0. The highest BCUT2D eigenvalue weighted by Gasteiger charge is 2.32. The van der Waals surface area contributed by atoms with Crippen LogP contribution in [0.3, 0.4) is 0 Å². The second-order valence-corrected chi connectivity index (χ2v) is 9.43. The number of imide groups is 1. The molecule has 2 aromatic carbocycles. The van der Waals surface area contributed by atoms with E-state index in [1.165, 1.54) is 20.4 Å². The van der Waals surface area contributed by atoms with Gasteiger partial charge in [-0.3, -0.25) is 0 Å². The summed E-state index contributed by atoms with van der Waals surface area (Å²) in [5.74, 6) is -0.396. The molecule has 3 rings (SSSR count). The number of ether oxygens (including phenoxy) is 3. The molecule has 1 atom stereocenters. The van der Waals surface area contributed by atoms with Gasteiger partial charge in [0, 0.05) is 21.7 Å². The van der Waals surface area contributed by atoms with Crippen LogP contribution >= 0.6 is 15.9 Å². The summed E-state index contributed by atoms with van der Waals surface area (Å²) >= 11 is 3.42. The second kappa shape index (κ2) is 10.7. The predicted molar refractivity (Wildman–Crippen MR) is 135 cm³/mol. The molecule has 184 valence electrons. The normalized spacial score (nSPS) is 11.9. The number of nitrogens with zero attached hydrogens (tertiary/aromatic N) is 2. The Morgan fingerprint density at radius 3 is 2.37 bits per heavy atom. The third-order valence-corrected chi connectivity index (χ3v) is 5.31. The summed E-state index contributed by atoms with van der Waals surface area (Å²) in [7, 11) is 2.49. The summed E-state index contributed by atoms with van der Waals surface area (Å²) in [6.45, 7) is 5.08. The summed E-state index contributed by atoms with van der Waals surface area (Å²) in [5, 5.41) is 4.36. The van der Waals surface area contributed by atoms with Gasteiger partial charge < -0.3 is 19.5 Å². The fourth-order valence-electron chi connectivity index (χ4n) is 3.33. The zero-order chi connectivity index (χ0) is 25.8. The quantitative estimate of drug-likeness (QED) is 0.316. The Balaban J connectivity index is 2.01. The molecular weight excluding hydrogens is 518 g/mol. The molecule has 0 radical (unpaired) electrons. The van der Waals surface area contributed by atoms with Crippen LogP contribution in [0.2, 0.25) is 0 Å². The van der Waals surface area contributed by atoms with E-state index < -0.39 is 29.8 Å². The number of esters is 1. The number of hydrogen-bond donors (Lipinski definition) is 1. The number of halogens is 1. The molecule has 0 aliphatic rings. The van der Waals surface area contributed by atoms with Gasteiger partial charge >= 0.3 is 18.2 Å². The van der Waals surface area contributed by atoms with Crippen molar-refractivity contribution in [1.29, 1.82) is 0 Å². The van der Waals surface area contributed by atoms with Crippen LogP contribution in [0.25, 0.3) is 10.8 Å². The molecule has 10 heteroatoms. The van der Waals surface area contributed by atoms with Gasteiger partial charge in [-0.2, -0.15) is 4.90 Å². The fourth-order valence-corrected chi connectivity index (χ4v) is 3.74. The number of carbonyl (C=O) groups excluding carboxylic acids is 3. The highest BCUT2D eigenvalue weighted by molar-refractivity contribution is 9.10. The van der Waals surface area contributed by atoms with E-state index in [0.29, 0.717) is 22.0 Å². The van der Waals surface area contributed by atoms with Gasteiger partial charge in [0.25, 0.3) is 0 Å². The molecule has 35 heavy (non-hydrogen) atoms. The number of hydrogen-bond acceptors (Lipinski definition) is 8. The zero-order valence-corrected chi connectivity index (χ0v) is 21.6. The van der Waals surface area contributed by atoms with Crippen molar-refractivity contribution in [3.05, 3.63) is 64.8 Å². The van der Waals surface area contributed by atoms with Gasteiger partial charge in [-0.05, 0) is 68.1 Å². The fraction of sp³-hybridized carbons (Fsp3) is 0.280. The molecule has 0 fully saturated rings. The first-order valence-electron chi connectivity index (χ1n) is 10.6. The van der Waals surface area contributed by atoms with E-state index in [1.807, 2.05) is 24.3 Å². The van der Waals surface area contributed by atoms with Crippen LogP contribution in [0.1, 0.15) is 32.4 Å². The Kier molecular flexibility index (Phi) is 7.96. The Morgan fingerprint density at radius 1 is 1.00 bits per heavy atom. The number of rotatable bonds is 5. The maximum atomic E-state index is 12.8. The molecule has 3 aromatic rings. The summed E-state index contributed by atoms with van der Waals surface area (Å²) in [6.07, 6.45) is -0.373. The minimum atomic E-state index is -0.929. The van der Waals surface area contributed by atoms with E-state index in [0.717, 1.165) is 9.37 Å². The van der Waals surface area contributed by atoms with Crippen molar-refractivity contribution in [2.24, 2.45) is 0 Å². The van der Waals surface area contributed by atoms with Crippen molar-refractivity contribution in [2.45, 2.75) is 32.4 Å². The summed E-state index contributed by atoms with van der Waals surface area (Å²) in [5.41, 5.74) is 0.496. The topological polar surface area (TPSA) is 107 Å². The highest BCUT2D eigenvalue weighted by Crippen LogP contribution is 2.31. The summed E-state index contributed by atoms with van der Waals surface area (Å²) in [4.78, 5) is 42.8. The zero-order valence-electron chi connectivity index (χ0n) is 20.0. The largest absolute Gasteiger partial charge is 0.467 e. The molecule has 0 bridgehead atoms. The number of benzene rings is 2. The van der Waals surface area contributed by atoms with Crippen molar-refractivity contribution in [3.8, 4) is 0 Å². The number of anilines is 2. The number of nitrogens with one attached hydrogen (secondary N) is 1. The van der Waals surface area contributed by atoms with Crippen LogP contribution in [0, 0.1) is 0 Å². The number of amides is 2. The van der Waals surface area contributed by atoms with E-state index in [1.54, 1.807) is 45.0 Å². The molecule has 0 aliphatic carbocycles. The molecule has 1 N–H and O–H groups in total.